The van der Waals surface area contributed by atoms with Crippen LogP contribution in [0.1, 0.15) is 36.2 Å². The predicted molar refractivity (Wildman–Crippen MR) is 104 cm³/mol. The van der Waals surface area contributed by atoms with Gasteiger partial charge in [-0.3, -0.25) is 4.79 Å². The van der Waals surface area contributed by atoms with E-state index < -0.39 is 0 Å². The summed E-state index contributed by atoms with van der Waals surface area (Å²) >= 11 is 1.39. The summed E-state index contributed by atoms with van der Waals surface area (Å²) in [5.41, 5.74) is 2.45. The molecule has 1 aromatic heterocycles. The van der Waals surface area contributed by atoms with Crippen LogP contribution < -0.4 is 10.2 Å². The van der Waals surface area contributed by atoms with Gasteiger partial charge in [-0.15, -0.1) is 0 Å². The molecular formula is C19H26N4O2S. The Kier molecular flexibility index (Phi) is 6.57. The van der Waals surface area contributed by atoms with Gasteiger partial charge in [0.15, 0.2) is 0 Å². The van der Waals surface area contributed by atoms with Crippen molar-refractivity contribution in [2.24, 2.45) is 0 Å². The van der Waals surface area contributed by atoms with Crippen molar-refractivity contribution in [3.8, 4) is 0 Å². The van der Waals surface area contributed by atoms with E-state index in [2.05, 4.69) is 50.8 Å². The second-order valence-corrected chi connectivity index (χ2v) is 7.46. The summed E-state index contributed by atoms with van der Waals surface area (Å²) in [4.78, 5) is 18.7. The lowest BCUT2D eigenvalue weighted by Gasteiger charge is -2.20. The highest BCUT2D eigenvalue weighted by Crippen LogP contribution is 2.21. The fourth-order valence-electron chi connectivity index (χ4n) is 2.60. The van der Waals surface area contributed by atoms with Gasteiger partial charge in [0.2, 0.25) is 11.0 Å². The van der Waals surface area contributed by atoms with Gasteiger partial charge in [-0.05, 0) is 25.3 Å². The number of hydrogen-bond donors (Lipinski definition) is 1. The van der Waals surface area contributed by atoms with Crippen LogP contribution in [-0.4, -0.2) is 48.1 Å². The number of carbonyl (C=O) groups is 1. The molecule has 2 aromatic rings. The molecule has 0 atom stereocenters. The molecule has 1 N–H and O–H groups in total. The van der Waals surface area contributed by atoms with Crippen molar-refractivity contribution in [1.29, 1.82) is 0 Å². The third-order valence-corrected chi connectivity index (χ3v) is 5.14. The summed E-state index contributed by atoms with van der Waals surface area (Å²) < 4.78 is 9.70. The fourth-order valence-corrected chi connectivity index (χ4v) is 3.34. The van der Waals surface area contributed by atoms with Crippen LogP contribution in [0.25, 0.3) is 0 Å². The SMILES string of the molecule is COCCN(CCC(=O)NC1CC1)c1nc(Cc2ccc(C)cc2)ns1. The number of aryl methyl sites for hydroxylation is 1. The predicted octanol–water partition coefficient (Wildman–Crippen LogP) is 2.56. The third-order valence-electron chi connectivity index (χ3n) is 4.33. The number of amides is 1. The maximum absolute atomic E-state index is 12.0. The van der Waals surface area contributed by atoms with E-state index in [1.807, 2.05) is 0 Å². The van der Waals surface area contributed by atoms with Crippen LogP contribution in [0.15, 0.2) is 24.3 Å². The maximum atomic E-state index is 12.0. The molecule has 1 aromatic carbocycles. The van der Waals surface area contributed by atoms with Crippen molar-refractivity contribution in [2.75, 3.05) is 31.7 Å². The molecule has 1 saturated carbocycles. The lowest BCUT2D eigenvalue weighted by atomic mass is 10.1. The van der Waals surface area contributed by atoms with Crippen LogP contribution in [0.3, 0.4) is 0 Å². The smallest absolute Gasteiger partial charge is 0.221 e. The molecule has 0 unspecified atom stereocenters. The van der Waals surface area contributed by atoms with E-state index in [4.69, 9.17) is 4.74 Å². The molecule has 1 aliphatic rings. The minimum Gasteiger partial charge on any atom is -0.383 e. The number of anilines is 1. The van der Waals surface area contributed by atoms with Gasteiger partial charge in [0.1, 0.15) is 5.82 Å². The third kappa shape index (κ3) is 5.78. The van der Waals surface area contributed by atoms with Gasteiger partial charge in [-0.2, -0.15) is 4.37 Å². The average molecular weight is 375 g/mol. The molecule has 140 valence electrons. The lowest BCUT2D eigenvalue weighted by Crippen LogP contribution is -2.33. The quantitative estimate of drug-likeness (QED) is 0.692. The Morgan fingerprint density at radius 3 is 2.77 bits per heavy atom. The number of aromatic nitrogens is 2. The van der Waals surface area contributed by atoms with E-state index in [0.29, 0.717) is 32.2 Å². The summed E-state index contributed by atoms with van der Waals surface area (Å²) in [6.07, 6.45) is 3.40. The Bertz CT molecular complexity index is 713. The summed E-state index contributed by atoms with van der Waals surface area (Å²) in [6, 6.07) is 8.83. The minimum absolute atomic E-state index is 0.110. The zero-order valence-electron chi connectivity index (χ0n) is 15.4. The van der Waals surface area contributed by atoms with Gasteiger partial charge >= 0.3 is 0 Å². The zero-order valence-corrected chi connectivity index (χ0v) is 16.2. The van der Waals surface area contributed by atoms with Gasteiger partial charge < -0.3 is 15.0 Å². The number of nitrogens with one attached hydrogen (secondary N) is 1. The van der Waals surface area contributed by atoms with Gasteiger partial charge in [0, 0.05) is 50.6 Å². The maximum Gasteiger partial charge on any atom is 0.221 e. The molecule has 6 nitrogen and oxygen atoms in total. The first kappa shape index (κ1) is 18.8. The molecule has 1 aliphatic carbocycles. The Morgan fingerprint density at radius 2 is 2.08 bits per heavy atom. The topological polar surface area (TPSA) is 67.3 Å². The Balaban J connectivity index is 1.59. The van der Waals surface area contributed by atoms with Crippen LogP contribution >= 0.6 is 11.5 Å². The molecule has 0 bridgehead atoms. The average Bonchev–Trinajstić information content (AvgIpc) is 3.32. The molecule has 0 aliphatic heterocycles. The van der Waals surface area contributed by atoms with E-state index in [9.17, 15) is 4.79 Å². The largest absolute Gasteiger partial charge is 0.383 e. The normalized spacial score (nSPS) is 13.6. The number of benzene rings is 1. The van der Waals surface area contributed by atoms with Crippen molar-refractivity contribution in [3.63, 3.8) is 0 Å². The minimum atomic E-state index is 0.110. The van der Waals surface area contributed by atoms with Crippen LogP contribution in [0.5, 0.6) is 0 Å². The molecule has 3 rings (SSSR count). The Labute approximate surface area is 158 Å². The van der Waals surface area contributed by atoms with E-state index in [1.54, 1.807) is 7.11 Å². The molecule has 26 heavy (non-hydrogen) atoms. The van der Waals surface area contributed by atoms with Crippen LogP contribution in [0.4, 0.5) is 5.13 Å². The molecule has 0 saturated heterocycles. The summed E-state index contributed by atoms with van der Waals surface area (Å²) in [6.45, 7) is 4.00. The number of nitrogens with zero attached hydrogens (tertiary/aromatic N) is 3. The number of ether oxygens (including phenoxy) is 1. The monoisotopic (exact) mass is 374 g/mol. The van der Waals surface area contributed by atoms with Crippen LogP contribution in [0, 0.1) is 6.92 Å². The van der Waals surface area contributed by atoms with Crippen molar-refractivity contribution >= 4 is 22.6 Å². The van der Waals surface area contributed by atoms with E-state index in [-0.39, 0.29) is 5.91 Å². The van der Waals surface area contributed by atoms with Crippen molar-refractivity contribution in [1.82, 2.24) is 14.7 Å². The number of hydrogen-bond acceptors (Lipinski definition) is 6. The molecule has 0 spiro atoms. The van der Waals surface area contributed by atoms with Crippen LogP contribution in [0.2, 0.25) is 0 Å². The highest BCUT2D eigenvalue weighted by atomic mass is 32.1. The zero-order chi connectivity index (χ0) is 18.4. The van der Waals surface area contributed by atoms with Crippen molar-refractivity contribution in [2.45, 2.75) is 38.6 Å². The first-order valence-electron chi connectivity index (χ1n) is 9.05. The Morgan fingerprint density at radius 1 is 1.31 bits per heavy atom. The van der Waals surface area contributed by atoms with Gasteiger partial charge in [0.05, 0.1) is 6.61 Å². The second kappa shape index (κ2) is 9.09. The molecule has 0 radical (unpaired) electrons. The summed E-state index contributed by atoms with van der Waals surface area (Å²) in [5, 5.41) is 3.88. The first-order chi connectivity index (χ1) is 12.6. The molecule has 1 fully saturated rings. The van der Waals surface area contributed by atoms with E-state index >= 15 is 0 Å². The lowest BCUT2D eigenvalue weighted by molar-refractivity contribution is -0.121. The van der Waals surface area contributed by atoms with Gasteiger partial charge in [-0.25, -0.2) is 4.98 Å². The first-order valence-corrected chi connectivity index (χ1v) is 9.83. The van der Waals surface area contributed by atoms with Crippen molar-refractivity contribution in [3.05, 3.63) is 41.2 Å². The fraction of sp³-hybridized carbons (Fsp3) is 0.526. The molecule has 1 heterocycles. The summed E-state index contributed by atoms with van der Waals surface area (Å²) in [5.74, 6) is 0.929. The molecule has 1 amide bonds. The van der Waals surface area contributed by atoms with Gasteiger partial charge in [-0.1, -0.05) is 29.8 Å². The van der Waals surface area contributed by atoms with Crippen molar-refractivity contribution < 1.29 is 9.53 Å². The van der Waals surface area contributed by atoms with Crippen LogP contribution in [-0.2, 0) is 16.0 Å². The molecular weight excluding hydrogens is 348 g/mol. The highest BCUT2D eigenvalue weighted by Gasteiger charge is 2.23. The second-order valence-electron chi connectivity index (χ2n) is 6.73. The van der Waals surface area contributed by atoms with E-state index in [1.165, 1.54) is 22.7 Å². The number of rotatable bonds is 10. The van der Waals surface area contributed by atoms with E-state index in [0.717, 1.165) is 30.2 Å². The summed E-state index contributed by atoms with van der Waals surface area (Å²) in [7, 11) is 1.68. The standard InChI is InChI=1S/C19H26N4O2S/c1-14-3-5-15(6-4-14)13-17-21-19(26-22-17)23(11-12-25-2)10-9-18(24)20-16-7-8-16/h3-6,16H,7-13H2,1-2H3,(H,20,24). The number of carbonyl (C=O) groups excluding carboxylic acids is 1. The molecule has 7 heteroatoms. The Hall–Kier alpha value is -1.99. The van der Waals surface area contributed by atoms with Gasteiger partial charge in [0.25, 0.3) is 0 Å². The highest BCUT2D eigenvalue weighted by molar-refractivity contribution is 7.09. The number of methoxy groups -OCH3 is 1.